The van der Waals surface area contributed by atoms with E-state index in [0.717, 1.165) is 31.2 Å². The van der Waals surface area contributed by atoms with Gasteiger partial charge in [0.1, 0.15) is 0 Å². The maximum atomic E-state index is 12.5. The Labute approximate surface area is 104 Å². The second-order valence-corrected chi connectivity index (χ2v) is 6.49. The lowest BCUT2D eigenvalue weighted by Gasteiger charge is -2.20. The fraction of sp³-hybridized carbons (Fsp3) is 0.538. The fourth-order valence-corrected chi connectivity index (χ4v) is 4.01. The predicted molar refractivity (Wildman–Crippen MR) is 68.4 cm³/mol. The second-order valence-electron chi connectivity index (χ2n) is 4.58. The van der Waals surface area contributed by atoms with E-state index in [1.165, 1.54) is 0 Å². The summed E-state index contributed by atoms with van der Waals surface area (Å²) in [5.74, 6) is 0. The number of benzene rings is 1. The van der Waals surface area contributed by atoms with Gasteiger partial charge in [-0.2, -0.15) is 4.31 Å². The van der Waals surface area contributed by atoms with E-state index >= 15 is 0 Å². The smallest absolute Gasteiger partial charge is 0.207 e. The number of hydrogen-bond donors (Lipinski definition) is 0. The number of hydrogen-bond acceptors (Lipinski definition) is 2. The molecule has 0 saturated carbocycles. The number of aryl methyl sites for hydroxylation is 1. The Morgan fingerprint density at radius 2 is 1.59 bits per heavy atom. The molecule has 0 radical (unpaired) electrons. The minimum atomic E-state index is -3.28. The highest BCUT2D eigenvalue weighted by Crippen LogP contribution is 2.22. The first-order valence-electron chi connectivity index (χ1n) is 6.18. The molecule has 0 aromatic heterocycles. The molecule has 0 bridgehead atoms. The number of rotatable bonds is 2. The molecular weight excluding hydrogens is 234 g/mol. The van der Waals surface area contributed by atoms with E-state index in [1.807, 2.05) is 19.1 Å². The zero-order valence-electron chi connectivity index (χ0n) is 10.2. The summed E-state index contributed by atoms with van der Waals surface area (Å²) >= 11 is 0. The van der Waals surface area contributed by atoms with E-state index in [9.17, 15) is 8.42 Å². The first kappa shape index (κ1) is 12.6. The van der Waals surface area contributed by atoms with E-state index in [2.05, 4.69) is 0 Å². The molecule has 1 aromatic rings. The average Bonchev–Trinajstić information content (AvgIpc) is 2.58. The summed E-state index contributed by atoms with van der Waals surface area (Å²) in [6, 6.07) is 7.22. The van der Waals surface area contributed by atoms with Crippen molar-refractivity contribution in [1.82, 2.24) is 4.31 Å². The predicted octanol–water partition coefficient (Wildman–Crippen LogP) is 2.56. The van der Waals surface area contributed by atoms with Crippen molar-refractivity contribution in [3.8, 4) is 0 Å². The molecule has 0 N–H and O–H groups in total. The molecular formula is C13H19NO2S. The zero-order valence-corrected chi connectivity index (χ0v) is 11.0. The number of nitrogens with zero attached hydrogens (tertiary/aromatic N) is 1. The van der Waals surface area contributed by atoms with Crippen LogP contribution < -0.4 is 0 Å². The highest BCUT2D eigenvalue weighted by molar-refractivity contribution is 7.89. The lowest BCUT2D eigenvalue weighted by Crippen LogP contribution is -2.32. The number of sulfonamides is 1. The third kappa shape index (κ3) is 2.69. The van der Waals surface area contributed by atoms with Crippen LogP contribution >= 0.6 is 0 Å². The summed E-state index contributed by atoms with van der Waals surface area (Å²) in [4.78, 5) is 0.460. The maximum Gasteiger partial charge on any atom is 0.243 e. The normalized spacial score (nSPS) is 18.9. The summed E-state index contributed by atoms with van der Waals surface area (Å²) < 4.78 is 26.6. The summed E-state index contributed by atoms with van der Waals surface area (Å²) in [5.41, 5.74) is 0.830. The van der Waals surface area contributed by atoms with Gasteiger partial charge in [-0.05, 0) is 31.4 Å². The van der Waals surface area contributed by atoms with Crippen molar-refractivity contribution < 1.29 is 8.42 Å². The molecule has 4 heteroatoms. The SMILES string of the molecule is Cc1ccccc1S(=O)(=O)N1CCCCCC1. The molecule has 0 unspecified atom stereocenters. The van der Waals surface area contributed by atoms with E-state index in [0.29, 0.717) is 18.0 Å². The van der Waals surface area contributed by atoms with Crippen molar-refractivity contribution in [2.24, 2.45) is 0 Å². The Kier molecular flexibility index (Phi) is 3.84. The van der Waals surface area contributed by atoms with E-state index in [4.69, 9.17) is 0 Å². The van der Waals surface area contributed by atoms with Gasteiger partial charge in [-0.15, -0.1) is 0 Å². The van der Waals surface area contributed by atoms with E-state index in [1.54, 1.807) is 16.4 Å². The summed E-state index contributed by atoms with van der Waals surface area (Å²) in [7, 11) is -3.28. The Morgan fingerprint density at radius 3 is 2.18 bits per heavy atom. The third-order valence-electron chi connectivity index (χ3n) is 3.28. The molecule has 1 aliphatic rings. The second kappa shape index (κ2) is 5.19. The van der Waals surface area contributed by atoms with Gasteiger partial charge in [0.25, 0.3) is 0 Å². The van der Waals surface area contributed by atoms with Crippen LogP contribution in [0.25, 0.3) is 0 Å². The third-order valence-corrected chi connectivity index (χ3v) is 5.34. The van der Waals surface area contributed by atoms with Crippen LogP contribution in [0.1, 0.15) is 31.2 Å². The Balaban J connectivity index is 2.32. The van der Waals surface area contributed by atoms with Crippen LogP contribution in [-0.2, 0) is 10.0 Å². The van der Waals surface area contributed by atoms with Crippen molar-refractivity contribution in [2.75, 3.05) is 13.1 Å². The van der Waals surface area contributed by atoms with Crippen LogP contribution in [0.3, 0.4) is 0 Å². The van der Waals surface area contributed by atoms with Gasteiger partial charge in [-0.1, -0.05) is 31.0 Å². The molecule has 94 valence electrons. The summed E-state index contributed by atoms with van der Waals surface area (Å²) in [5, 5.41) is 0. The van der Waals surface area contributed by atoms with Gasteiger partial charge in [0.05, 0.1) is 4.90 Å². The lowest BCUT2D eigenvalue weighted by atomic mass is 10.2. The van der Waals surface area contributed by atoms with Crippen molar-refractivity contribution in [1.29, 1.82) is 0 Å². The first-order chi connectivity index (χ1) is 8.12. The first-order valence-corrected chi connectivity index (χ1v) is 7.62. The topological polar surface area (TPSA) is 37.4 Å². The molecule has 17 heavy (non-hydrogen) atoms. The van der Waals surface area contributed by atoms with Crippen LogP contribution in [0.5, 0.6) is 0 Å². The standard InChI is InChI=1S/C13H19NO2S/c1-12-8-4-5-9-13(12)17(15,16)14-10-6-2-3-7-11-14/h4-5,8-9H,2-3,6-7,10-11H2,1H3. The van der Waals surface area contributed by atoms with Crippen molar-refractivity contribution in [3.63, 3.8) is 0 Å². The maximum absolute atomic E-state index is 12.5. The van der Waals surface area contributed by atoms with Crippen LogP contribution in [-0.4, -0.2) is 25.8 Å². The Bertz CT molecular complexity index is 474. The van der Waals surface area contributed by atoms with Gasteiger partial charge in [0.2, 0.25) is 10.0 Å². The Hall–Kier alpha value is -0.870. The van der Waals surface area contributed by atoms with Crippen LogP contribution in [0.15, 0.2) is 29.2 Å². The van der Waals surface area contributed by atoms with Gasteiger partial charge in [-0.3, -0.25) is 0 Å². The minimum absolute atomic E-state index is 0.460. The molecule has 2 rings (SSSR count). The molecule has 0 atom stereocenters. The quantitative estimate of drug-likeness (QED) is 0.812. The van der Waals surface area contributed by atoms with Crippen molar-refractivity contribution >= 4 is 10.0 Å². The van der Waals surface area contributed by atoms with Gasteiger partial charge in [0, 0.05) is 13.1 Å². The molecule has 1 fully saturated rings. The molecule has 0 spiro atoms. The molecule has 3 nitrogen and oxygen atoms in total. The van der Waals surface area contributed by atoms with Crippen molar-refractivity contribution in [2.45, 2.75) is 37.5 Å². The van der Waals surface area contributed by atoms with Crippen LogP contribution in [0.2, 0.25) is 0 Å². The van der Waals surface area contributed by atoms with Gasteiger partial charge in [-0.25, -0.2) is 8.42 Å². The molecule has 1 aliphatic heterocycles. The molecule has 1 saturated heterocycles. The van der Waals surface area contributed by atoms with E-state index in [-0.39, 0.29) is 0 Å². The summed E-state index contributed by atoms with van der Waals surface area (Å²) in [6.45, 7) is 3.18. The molecule has 1 heterocycles. The van der Waals surface area contributed by atoms with E-state index < -0.39 is 10.0 Å². The molecule has 0 amide bonds. The largest absolute Gasteiger partial charge is 0.243 e. The fourth-order valence-electron chi connectivity index (χ4n) is 2.27. The zero-order chi connectivity index (χ0) is 12.3. The lowest BCUT2D eigenvalue weighted by molar-refractivity contribution is 0.423. The minimum Gasteiger partial charge on any atom is -0.207 e. The molecule has 1 aromatic carbocycles. The van der Waals surface area contributed by atoms with Crippen molar-refractivity contribution in [3.05, 3.63) is 29.8 Å². The molecule has 0 aliphatic carbocycles. The monoisotopic (exact) mass is 253 g/mol. The Morgan fingerprint density at radius 1 is 1.00 bits per heavy atom. The van der Waals surface area contributed by atoms with Crippen LogP contribution in [0.4, 0.5) is 0 Å². The van der Waals surface area contributed by atoms with Gasteiger partial charge in [0.15, 0.2) is 0 Å². The van der Waals surface area contributed by atoms with Gasteiger partial charge < -0.3 is 0 Å². The highest BCUT2D eigenvalue weighted by atomic mass is 32.2. The van der Waals surface area contributed by atoms with Crippen LogP contribution in [0, 0.1) is 6.92 Å². The van der Waals surface area contributed by atoms with Gasteiger partial charge >= 0.3 is 0 Å². The highest BCUT2D eigenvalue weighted by Gasteiger charge is 2.25. The summed E-state index contributed by atoms with van der Waals surface area (Å²) in [6.07, 6.45) is 4.23. The average molecular weight is 253 g/mol.